The number of carbonyl (C=O) groups is 1. The van der Waals surface area contributed by atoms with Gasteiger partial charge in [0.1, 0.15) is 18.1 Å². The van der Waals surface area contributed by atoms with Gasteiger partial charge in [0, 0.05) is 5.69 Å². The van der Waals surface area contributed by atoms with Crippen LogP contribution in [0.5, 0.6) is 11.5 Å². The van der Waals surface area contributed by atoms with Crippen LogP contribution < -0.4 is 20.1 Å². The van der Waals surface area contributed by atoms with Crippen molar-refractivity contribution in [2.24, 2.45) is 0 Å². The second kappa shape index (κ2) is 8.12. The van der Waals surface area contributed by atoms with Gasteiger partial charge in [0.05, 0.1) is 18.7 Å². The van der Waals surface area contributed by atoms with Gasteiger partial charge in [0.25, 0.3) is 0 Å². The lowest BCUT2D eigenvalue weighted by Crippen LogP contribution is -2.32. The van der Waals surface area contributed by atoms with Gasteiger partial charge in [-0.15, -0.1) is 0 Å². The number of nitrogens with one attached hydrogen (secondary N) is 2. The molecule has 0 aliphatic heterocycles. The smallest absolute Gasteiger partial charge is 0.319 e. The van der Waals surface area contributed by atoms with Crippen LogP contribution in [0.25, 0.3) is 0 Å². The number of benzene rings is 2. The van der Waals surface area contributed by atoms with Crippen molar-refractivity contribution in [2.75, 3.05) is 25.6 Å². The van der Waals surface area contributed by atoms with E-state index in [0.717, 1.165) is 18.6 Å². The Labute approximate surface area is 152 Å². The number of hydrogen-bond donors (Lipinski definition) is 2. The van der Waals surface area contributed by atoms with Gasteiger partial charge in [-0.25, -0.2) is 4.79 Å². The Balaban J connectivity index is 1.41. The Morgan fingerprint density at radius 3 is 2.80 bits per heavy atom. The van der Waals surface area contributed by atoms with E-state index in [1.165, 1.54) is 17.5 Å². The normalized spacial score (nSPS) is 12.4. The number of amides is 2. The highest BCUT2D eigenvalue weighted by Gasteiger charge is 2.11. The number of halogens is 1. The summed E-state index contributed by atoms with van der Waals surface area (Å²) >= 11 is 6.03. The van der Waals surface area contributed by atoms with Crippen LogP contribution >= 0.6 is 11.6 Å². The van der Waals surface area contributed by atoms with Crippen molar-refractivity contribution in [3.8, 4) is 11.5 Å². The molecule has 1 aliphatic carbocycles. The molecular weight excluding hydrogens is 340 g/mol. The molecule has 3 rings (SSSR count). The first-order valence-corrected chi connectivity index (χ1v) is 8.66. The fourth-order valence-corrected chi connectivity index (χ4v) is 3.15. The molecule has 0 aromatic heterocycles. The van der Waals surface area contributed by atoms with Gasteiger partial charge >= 0.3 is 6.03 Å². The summed E-state index contributed by atoms with van der Waals surface area (Å²) in [6.07, 6.45) is 3.50. The maximum Gasteiger partial charge on any atom is 0.319 e. The zero-order valence-corrected chi connectivity index (χ0v) is 14.9. The van der Waals surface area contributed by atoms with Crippen LogP contribution in [0, 0.1) is 0 Å². The number of aryl methyl sites for hydroxylation is 2. The molecular formula is C19H21ClN2O3. The lowest BCUT2D eigenvalue weighted by Gasteiger charge is -2.11. The fraction of sp³-hybridized carbons (Fsp3) is 0.316. The Kier molecular flexibility index (Phi) is 5.66. The number of anilines is 1. The predicted molar refractivity (Wildman–Crippen MR) is 99.0 cm³/mol. The van der Waals surface area contributed by atoms with Crippen LogP contribution in [0.15, 0.2) is 36.4 Å². The number of urea groups is 1. The number of rotatable bonds is 6. The fourth-order valence-electron chi connectivity index (χ4n) is 2.89. The molecule has 0 bridgehead atoms. The van der Waals surface area contributed by atoms with E-state index in [0.29, 0.717) is 29.6 Å². The van der Waals surface area contributed by atoms with Crippen molar-refractivity contribution in [3.05, 3.63) is 52.5 Å². The minimum atomic E-state index is -0.307. The number of carbonyl (C=O) groups excluding carboxylic acids is 1. The second-order valence-corrected chi connectivity index (χ2v) is 6.27. The van der Waals surface area contributed by atoms with Gasteiger partial charge in [0.15, 0.2) is 0 Å². The van der Waals surface area contributed by atoms with Crippen molar-refractivity contribution < 1.29 is 14.3 Å². The number of fused-ring (bicyclic) bond motifs is 1. The van der Waals surface area contributed by atoms with Crippen LogP contribution in [0.3, 0.4) is 0 Å². The van der Waals surface area contributed by atoms with E-state index >= 15 is 0 Å². The van der Waals surface area contributed by atoms with E-state index in [1.54, 1.807) is 25.3 Å². The average molecular weight is 361 g/mol. The molecule has 5 nitrogen and oxygen atoms in total. The first-order chi connectivity index (χ1) is 12.2. The monoisotopic (exact) mass is 360 g/mol. The molecule has 1 aliphatic rings. The van der Waals surface area contributed by atoms with Crippen molar-refractivity contribution in [3.63, 3.8) is 0 Å². The molecule has 2 aromatic rings. The molecule has 0 radical (unpaired) electrons. The summed E-state index contributed by atoms with van der Waals surface area (Å²) in [6.45, 7) is 0.822. The third-order valence-electron chi connectivity index (χ3n) is 4.14. The van der Waals surface area contributed by atoms with E-state index in [9.17, 15) is 4.79 Å². The Hall–Kier alpha value is -2.40. The lowest BCUT2D eigenvalue weighted by atomic mass is 10.1. The lowest BCUT2D eigenvalue weighted by molar-refractivity contribution is 0.247. The molecule has 2 amide bonds. The number of methoxy groups -OCH3 is 1. The summed E-state index contributed by atoms with van der Waals surface area (Å²) in [4.78, 5) is 11.9. The first-order valence-electron chi connectivity index (χ1n) is 8.29. The summed E-state index contributed by atoms with van der Waals surface area (Å²) in [7, 11) is 1.54. The van der Waals surface area contributed by atoms with Gasteiger partial charge in [-0.05, 0) is 60.7 Å². The van der Waals surface area contributed by atoms with E-state index in [-0.39, 0.29) is 6.03 Å². The van der Waals surface area contributed by atoms with Crippen molar-refractivity contribution >= 4 is 23.3 Å². The standard InChI is InChI=1S/C19H21ClN2O3/c1-24-18-8-6-15(12-17(18)20)22-19(23)21-9-10-25-16-7-5-13-3-2-4-14(13)11-16/h5-8,11-12H,2-4,9-10H2,1H3,(H2,21,22,23). The summed E-state index contributed by atoms with van der Waals surface area (Å²) in [5, 5.41) is 5.92. The highest BCUT2D eigenvalue weighted by molar-refractivity contribution is 6.32. The maximum atomic E-state index is 11.9. The predicted octanol–water partition coefficient (Wildman–Crippen LogP) is 4.04. The summed E-state index contributed by atoms with van der Waals surface area (Å²) < 4.78 is 10.8. The molecule has 132 valence electrons. The molecule has 6 heteroatoms. The van der Waals surface area contributed by atoms with Crippen LogP contribution in [0.1, 0.15) is 17.5 Å². The molecule has 0 unspecified atom stereocenters. The largest absolute Gasteiger partial charge is 0.495 e. The van der Waals surface area contributed by atoms with Gasteiger partial charge in [-0.1, -0.05) is 17.7 Å². The van der Waals surface area contributed by atoms with Crippen LogP contribution in [0.4, 0.5) is 10.5 Å². The maximum absolute atomic E-state index is 11.9. The zero-order chi connectivity index (χ0) is 17.6. The third kappa shape index (κ3) is 4.57. The van der Waals surface area contributed by atoms with Crippen molar-refractivity contribution in [1.82, 2.24) is 5.32 Å². The second-order valence-electron chi connectivity index (χ2n) is 5.86. The van der Waals surface area contributed by atoms with Crippen molar-refractivity contribution in [1.29, 1.82) is 0 Å². The van der Waals surface area contributed by atoms with Crippen LogP contribution in [-0.2, 0) is 12.8 Å². The number of ether oxygens (including phenoxy) is 2. The Morgan fingerprint density at radius 1 is 1.16 bits per heavy atom. The molecule has 2 aromatic carbocycles. The Bertz CT molecular complexity index is 764. The summed E-state index contributed by atoms with van der Waals surface area (Å²) in [6, 6.07) is 11.0. The minimum Gasteiger partial charge on any atom is -0.495 e. The van der Waals surface area contributed by atoms with Gasteiger partial charge in [-0.2, -0.15) is 0 Å². The van der Waals surface area contributed by atoms with E-state index in [1.807, 2.05) is 6.07 Å². The highest BCUT2D eigenvalue weighted by atomic mass is 35.5. The molecule has 25 heavy (non-hydrogen) atoms. The third-order valence-corrected chi connectivity index (χ3v) is 4.43. The van der Waals surface area contributed by atoms with E-state index < -0.39 is 0 Å². The summed E-state index contributed by atoms with van der Waals surface area (Å²) in [5.41, 5.74) is 3.39. The quantitative estimate of drug-likeness (QED) is 0.764. The summed E-state index contributed by atoms with van der Waals surface area (Å²) in [5.74, 6) is 1.42. The van der Waals surface area contributed by atoms with Crippen LogP contribution in [-0.4, -0.2) is 26.3 Å². The van der Waals surface area contributed by atoms with Crippen LogP contribution in [0.2, 0.25) is 5.02 Å². The van der Waals surface area contributed by atoms with E-state index in [2.05, 4.69) is 22.8 Å². The molecule has 0 spiro atoms. The molecule has 0 fully saturated rings. The molecule has 0 saturated carbocycles. The molecule has 0 heterocycles. The Morgan fingerprint density at radius 2 is 2.00 bits per heavy atom. The van der Waals surface area contributed by atoms with Gasteiger partial charge in [0.2, 0.25) is 0 Å². The molecule has 2 N–H and O–H groups in total. The zero-order valence-electron chi connectivity index (χ0n) is 14.1. The molecule has 0 saturated heterocycles. The highest BCUT2D eigenvalue weighted by Crippen LogP contribution is 2.27. The topological polar surface area (TPSA) is 59.6 Å². The minimum absolute atomic E-state index is 0.307. The van der Waals surface area contributed by atoms with E-state index in [4.69, 9.17) is 21.1 Å². The first kappa shape index (κ1) is 17.4. The average Bonchev–Trinajstić information content (AvgIpc) is 3.06. The number of hydrogen-bond acceptors (Lipinski definition) is 3. The van der Waals surface area contributed by atoms with Gasteiger partial charge < -0.3 is 20.1 Å². The molecule has 0 atom stereocenters. The van der Waals surface area contributed by atoms with Crippen molar-refractivity contribution in [2.45, 2.75) is 19.3 Å². The van der Waals surface area contributed by atoms with Gasteiger partial charge in [-0.3, -0.25) is 0 Å². The SMILES string of the molecule is COc1ccc(NC(=O)NCCOc2ccc3c(c2)CCC3)cc1Cl.